The predicted octanol–water partition coefficient (Wildman–Crippen LogP) is 6.54. The maximum Gasteiger partial charge on any atom is 0.459 e. The number of unbranched alkanes of at least 4 members (excludes halogenated alkanes) is 3. The van der Waals surface area contributed by atoms with Gasteiger partial charge in [-0.2, -0.15) is 30.7 Å². The highest BCUT2D eigenvalue weighted by Crippen LogP contribution is 2.50. The second-order valence-corrected chi connectivity index (χ2v) is 6.97. The van der Waals surface area contributed by atoms with Crippen LogP contribution in [0.3, 0.4) is 0 Å². The first-order valence-corrected chi connectivity index (χ1v) is 8.93. The van der Waals surface area contributed by atoms with Crippen LogP contribution < -0.4 is 0 Å². The molecule has 156 valence electrons. The summed E-state index contributed by atoms with van der Waals surface area (Å²) in [4.78, 5) is 0. The van der Waals surface area contributed by atoms with E-state index in [-0.39, 0.29) is 25.7 Å². The predicted molar refractivity (Wildman–Crippen MR) is 89.0 cm³/mol. The Bertz CT molecular complexity index is 557. The number of aryl methyl sites for hydroxylation is 1. The van der Waals surface area contributed by atoms with E-state index in [0.717, 1.165) is 12.8 Å². The Morgan fingerprint density at radius 3 is 1.93 bits per heavy atom. The summed E-state index contributed by atoms with van der Waals surface area (Å²) in [5, 5.41) is 10.6. The van der Waals surface area contributed by atoms with Crippen molar-refractivity contribution in [3.05, 3.63) is 35.9 Å². The van der Waals surface area contributed by atoms with Crippen molar-refractivity contribution in [1.82, 2.24) is 0 Å². The molecule has 0 radical (unpaired) electrons. The fraction of sp³-hybridized carbons (Fsp3) is 0.684. The fourth-order valence-corrected chi connectivity index (χ4v) is 2.94. The van der Waals surface area contributed by atoms with Crippen LogP contribution in [0.5, 0.6) is 0 Å². The maximum absolute atomic E-state index is 13.9. The maximum atomic E-state index is 13.9. The molecule has 0 aliphatic carbocycles. The van der Waals surface area contributed by atoms with Gasteiger partial charge in [-0.25, -0.2) is 0 Å². The lowest BCUT2D eigenvalue weighted by Gasteiger charge is -2.36. The van der Waals surface area contributed by atoms with Crippen LogP contribution >= 0.6 is 0 Å². The van der Waals surface area contributed by atoms with Crippen LogP contribution in [0.25, 0.3) is 0 Å². The van der Waals surface area contributed by atoms with E-state index < -0.39 is 30.0 Å². The molecule has 0 fully saturated rings. The molecule has 1 aromatic rings. The number of hydrogen-bond donors (Lipinski definition) is 1. The monoisotopic (exact) mass is 402 g/mol. The minimum absolute atomic E-state index is 0.0960. The van der Waals surface area contributed by atoms with Crippen molar-refractivity contribution < 1.29 is 35.8 Å². The van der Waals surface area contributed by atoms with Crippen LogP contribution in [-0.4, -0.2) is 28.7 Å². The summed E-state index contributed by atoms with van der Waals surface area (Å²) in [7, 11) is 0. The molecule has 0 saturated carbocycles. The van der Waals surface area contributed by atoms with Crippen molar-refractivity contribution in [2.45, 2.75) is 81.9 Å². The van der Waals surface area contributed by atoms with Gasteiger partial charge in [0.15, 0.2) is 0 Å². The van der Waals surface area contributed by atoms with E-state index in [4.69, 9.17) is 0 Å². The topological polar surface area (TPSA) is 20.2 Å². The summed E-state index contributed by atoms with van der Waals surface area (Å²) in [6.07, 6.45) is -6.40. The molecule has 1 unspecified atom stereocenters. The van der Waals surface area contributed by atoms with E-state index in [1.807, 2.05) is 6.92 Å². The van der Waals surface area contributed by atoms with E-state index in [2.05, 4.69) is 0 Å². The third-order valence-electron chi connectivity index (χ3n) is 4.58. The average molecular weight is 402 g/mol. The summed E-state index contributed by atoms with van der Waals surface area (Å²) in [5.41, 5.74) is -1.64. The molecule has 0 spiro atoms. The lowest BCUT2D eigenvalue weighted by Crippen LogP contribution is -2.55. The number of aliphatic hydroxyl groups is 1. The zero-order valence-electron chi connectivity index (χ0n) is 15.1. The number of halogens is 7. The van der Waals surface area contributed by atoms with Crippen LogP contribution in [0.15, 0.2) is 30.3 Å². The van der Waals surface area contributed by atoms with Gasteiger partial charge in [0.05, 0.1) is 5.60 Å². The first kappa shape index (κ1) is 23.7. The molecule has 27 heavy (non-hydrogen) atoms. The number of alkyl halides is 7. The molecular formula is C19H25F7O. The first-order valence-electron chi connectivity index (χ1n) is 8.93. The Morgan fingerprint density at radius 2 is 1.41 bits per heavy atom. The summed E-state index contributed by atoms with van der Waals surface area (Å²) < 4.78 is 91.4. The van der Waals surface area contributed by atoms with Crippen LogP contribution in [-0.2, 0) is 6.42 Å². The summed E-state index contributed by atoms with van der Waals surface area (Å²) in [6.45, 7) is 1.90. The Kier molecular flexibility index (Phi) is 8.14. The smallest absolute Gasteiger partial charge is 0.390 e. The third-order valence-corrected chi connectivity index (χ3v) is 4.58. The minimum Gasteiger partial charge on any atom is -0.390 e. The van der Waals surface area contributed by atoms with Gasteiger partial charge in [-0.1, -0.05) is 62.9 Å². The Balaban J connectivity index is 2.94. The first-order chi connectivity index (χ1) is 12.3. The van der Waals surface area contributed by atoms with E-state index in [9.17, 15) is 35.8 Å². The van der Waals surface area contributed by atoms with Gasteiger partial charge in [0, 0.05) is 6.42 Å². The number of hydrogen-bond acceptors (Lipinski definition) is 1. The molecule has 1 N–H and O–H groups in total. The van der Waals surface area contributed by atoms with Crippen LogP contribution in [0.1, 0.15) is 57.4 Å². The summed E-state index contributed by atoms with van der Waals surface area (Å²) >= 11 is 0. The molecule has 1 atom stereocenters. The van der Waals surface area contributed by atoms with E-state index in [1.54, 1.807) is 30.3 Å². The highest BCUT2D eigenvalue weighted by atomic mass is 19.4. The number of rotatable bonds is 11. The molecule has 0 aromatic heterocycles. The van der Waals surface area contributed by atoms with Gasteiger partial charge in [0.2, 0.25) is 0 Å². The highest BCUT2D eigenvalue weighted by Gasteiger charge is 2.73. The Hall–Kier alpha value is -1.31. The molecule has 0 aliphatic rings. The molecule has 1 aromatic carbocycles. The second kappa shape index (κ2) is 9.26. The molecule has 0 bridgehead atoms. The second-order valence-electron chi connectivity index (χ2n) is 6.97. The van der Waals surface area contributed by atoms with Crippen LogP contribution in [0.2, 0.25) is 0 Å². The van der Waals surface area contributed by atoms with Gasteiger partial charge in [0.25, 0.3) is 0 Å². The van der Waals surface area contributed by atoms with Crippen molar-refractivity contribution in [3.63, 3.8) is 0 Å². The zero-order valence-corrected chi connectivity index (χ0v) is 15.1. The van der Waals surface area contributed by atoms with Gasteiger partial charge in [0.1, 0.15) is 0 Å². The quantitative estimate of drug-likeness (QED) is 0.329. The van der Waals surface area contributed by atoms with Crippen molar-refractivity contribution >= 4 is 0 Å². The Morgan fingerprint density at radius 1 is 0.815 bits per heavy atom. The highest BCUT2D eigenvalue weighted by molar-refractivity contribution is 5.15. The van der Waals surface area contributed by atoms with Gasteiger partial charge in [-0.05, 0) is 24.8 Å². The van der Waals surface area contributed by atoms with Gasteiger partial charge in [-0.15, -0.1) is 0 Å². The fourth-order valence-electron chi connectivity index (χ4n) is 2.94. The van der Waals surface area contributed by atoms with E-state index in [0.29, 0.717) is 12.0 Å². The van der Waals surface area contributed by atoms with Crippen molar-refractivity contribution in [2.75, 3.05) is 0 Å². The standard InChI is InChI=1S/C19H25F7O/c1-2-3-4-8-12-16(27,13-11-15-9-6-5-7-10-15)14-17(20,21)18(22,23)19(24,25)26/h5-7,9-10,27H,2-4,8,11-14H2,1H3. The molecular weight excluding hydrogens is 377 g/mol. The molecule has 0 heterocycles. The average Bonchev–Trinajstić information content (AvgIpc) is 2.56. The molecule has 1 nitrogen and oxygen atoms in total. The molecule has 0 saturated heterocycles. The Labute approximate surface area is 154 Å². The lowest BCUT2D eigenvalue weighted by atomic mass is 9.83. The normalized spacial score (nSPS) is 15.6. The van der Waals surface area contributed by atoms with Gasteiger partial charge < -0.3 is 5.11 Å². The SMILES string of the molecule is CCCCCCC(O)(CCc1ccccc1)CC(F)(F)C(F)(F)C(F)(F)F. The summed E-state index contributed by atoms with van der Waals surface area (Å²) in [6, 6.07) is 8.42. The van der Waals surface area contributed by atoms with Crippen LogP contribution in [0, 0.1) is 0 Å². The van der Waals surface area contributed by atoms with E-state index >= 15 is 0 Å². The number of benzene rings is 1. The van der Waals surface area contributed by atoms with Crippen molar-refractivity contribution in [1.29, 1.82) is 0 Å². The van der Waals surface area contributed by atoms with Crippen molar-refractivity contribution in [3.8, 4) is 0 Å². The minimum atomic E-state index is -6.39. The largest absolute Gasteiger partial charge is 0.459 e. The van der Waals surface area contributed by atoms with Gasteiger partial charge >= 0.3 is 18.0 Å². The molecule has 8 heteroatoms. The van der Waals surface area contributed by atoms with E-state index in [1.165, 1.54) is 0 Å². The summed E-state index contributed by atoms with van der Waals surface area (Å²) in [5.74, 6) is -11.6. The van der Waals surface area contributed by atoms with Gasteiger partial charge in [-0.3, -0.25) is 0 Å². The zero-order chi connectivity index (χ0) is 20.8. The van der Waals surface area contributed by atoms with Crippen molar-refractivity contribution in [2.24, 2.45) is 0 Å². The molecule has 1 rings (SSSR count). The third kappa shape index (κ3) is 6.66. The molecule has 0 amide bonds. The molecule has 0 aliphatic heterocycles. The lowest BCUT2D eigenvalue weighted by molar-refractivity contribution is -0.361. The van der Waals surface area contributed by atoms with Crippen LogP contribution in [0.4, 0.5) is 30.7 Å².